The summed E-state index contributed by atoms with van der Waals surface area (Å²) >= 11 is 0. The lowest BCUT2D eigenvalue weighted by atomic mass is 9.87. The molecule has 0 aromatic heterocycles. The molecule has 20 heavy (non-hydrogen) atoms. The minimum atomic E-state index is -0.244. The summed E-state index contributed by atoms with van der Waals surface area (Å²) < 4.78 is 4.92. The van der Waals surface area contributed by atoms with E-state index in [1.54, 1.807) is 0 Å². The summed E-state index contributed by atoms with van der Waals surface area (Å²) in [5.74, 6) is 0.505. The molecule has 2 atom stereocenters. The van der Waals surface area contributed by atoms with Crippen molar-refractivity contribution in [3.63, 3.8) is 0 Å². The van der Waals surface area contributed by atoms with Crippen LogP contribution in [0.1, 0.15) is 44.9 Å². The molecule has 0 N–H and O–H groups in total. The van der Waals surface area contributed by atoms with Crippen molar-refractivity contribution >= 4 is 5.97 Å². The van der Waals surface area contributed by atoms with Gasteiger partial charge >= 0.3 is 5.97 Å². The van der Waals surface area contributed by atoms with Crippen molar-refractivity contribution in [1.29, 1.82) is 0 Å². The third kappa shape index (κ3) is 3.87. The summed E-state index contributed by atoms with van der Waals surface area (Å²) in [4.78, 5) is 17.1. The molecule has 2 fully saturated rings. The van der Waals surface area contributed by atoms with Gasteiger partial charge in [-0.25, -0.2) is 0 Å². The first-order valence-corrected chi connectivity index (χ1v) is 7.60. The Kier molecular flexibility index (Phi) is 5.68. The molecule has 0 spiro atoms. The monoisotopic (exact) mass is 280 g/mol. The van der Waals surface area contributed by atoms with E-state index in [4.69, 9.17) is 10.3 Å². The number of nitrogens with zero attached hydrogens (tertiary/aromatic N) is 4. The van der Waals surface area contributed by atoms with E-state index in [1.807, 2.05) is 0 Å². The maximum absolute atomic E-state index is 12.0. The van der Waals surface area contributed by atoms with Crippen LogP contribution in [0.5, 0.6) is 0 Å². The third-order valence-electron chi connectivity index (χ3n) is 4.59. The maximum Gasteiger partial charge on any atom is 0.323 e. The number of azide groups is 1. The van der Waals surface area contributed by atoms with Crippen LogP contribution in [-0.4, -0.2) is 43.2 Å². The highest BCUT2D eigenvalue weighted by Gasteiger charge is 2.35. The van der Waals surface area contributed by atoms with E-state index in [2.05, 4.69) is 14.9 Å². The van der Waals surface area contributed by atoms with Crippen molar-refractivity contribution < 1.29 is 9.53 Å². The van der Waals surface area contributed by atoms with Crippen LogP contribution in [0.4, 0.5) is 0 Å². The minimum absolute atomic E-state index is 0.0771. The second-order valence-electron chi connectivity index (χ2n) is 5.92. The summed E-state index contributed by atoms with van der Waals surface area (Å²) in [6, 6.07) is -0.321. The molecule has 0 aromatic rings. The highest BCUT2D eigenvalue weighted by Crippen LogP contribution is 2.28. The smallest absolute Gasteiger partial charge is 0.323 e. The lowest BCUT2D eigenvalue weighted by molar-refractivity contribution is -0.149. The van der Waals surface area contributed by atoms with Crippen LogP contribution < -0.4 is 0 Å². The first-order valence-electron chi connectivity index (χ1n) is 7.60. The summed E-state index contributed by atoms with van der Waals surface area (Å²) in [6.45, 7) is 1.79. The largest absolute Gasteiger partial charge is 0.468 e. The van der Waals surface area contributed by atoms with Gasteiger partial charge in [-0.05, 0) is 43.7 Å². The Morgan fingerprint density at radius 3 is 2.75 bits per heavy atom. The van der Waals surface area contributed by atoms with Crippen molar-refractivity contribution in [2.24, 2.45) is 11.0 Å². The molecular formula is C14H24N4O2. The number of likely N-dealkylation sites (tertiary alicyclic amines) is 1. The van der Waals surface area contributed by atoms with Gasteiger partial charge in [0.25, 0.3) is 0 Å². The Morgan fingerprint density at radius 1 is 1.35 bits per heavy atom. The fourth-order valence-electron chi connectivity index (χ4n) is 3.47. The van der Waals surface area contributed by atoms with Crippen molar-refractivity contribution in [1.82, 2.24) is 4.90 Å². The molecular weight excluding hydrogens is 256 g/mol. The Hall–Kier alpha value is -1.26. The van der Waals surface area contributed by atoms with Gasteiger partial charge in [-0.3, -0.25) is 9.69 Å². The highest BCUT2D eigenvalue weighted by atomic mass is 16.5. The summed E-state index contributed by atoms with van der Waals surface area (Å²) in [5.41, 5.74) is 8.56. The van der Waals surface area contributed by atoms with Crippen LogP contribution >= 0.6 is 0 Å². The molecule has 0 bridgehead atoms. The van der Waals surface area contributed by atoms with Gasteiger partial charge in [0.2, 0.25) is 0 Å². The summed E-state index contributed by atoms with van der Waals surface area (Å²) in [6.07, 6.45) is 7.92. The molecule has 0 radical (unpaired) electrons. The summed E-state index contributed by atoms with van der Waals surface area (Å²) in [5, 5.41) is 3.78. The first kappa shape index (κ1) is 15.1. The van der Waals surface area contributed by atoms with E-state index in [0.717, 1.165) is 19.5 Å². The van der Waals surface area contributed by atoms with Crippen molar-refractivity contribution in [3.8, 4) is 0 Å². The molecule has 6 heteroatoms. The standard InChI is InChI=1S/C14H24N4O2/c1-20-14(19)13-9-12(16-17-15)7-8-18(13)10-11-5-3-2-4-6-11/h11-13H,2-10H2,1H3/t12-,13+/m1/s1. The van der Waals surface area contributed by atoms with Crippen molar-refractivity contribution in [2.75, 3.05) is 20.2 Å². The van der Waals surface area contributed by atoms with E-state index < -0.39 is 0 Å². The SMILES string of the molecule is COC(=O)[C@@H]1C[C@H](N=[N+]=[N-])CCN1CC1CCCCC1. The predicted molar refractivity (Wildman–Crippen MR) is 76.1 cm³/mol. The average Bonchev–Trinajstić information content (AvgIpc) is 2.49. The highest BCUT2D eigenvalue weighted by molar-refractivity contribution is 5.75. The van der Waals surface area contributed by atoms with Gasteiger partial charge in [-0.1, -0.05) is 24.4 Å². The number of esters is 1. The number of ether oxygens (including phenoxy) is 1. The van der Waals surface area contributed by atoms with Gasteiger partial charge in [0.05, 0.1) is 7.11 Å². The molecule has 0 amide bonds. The minimum Gasteiger partial charge on any atom is -0.468 e. The molecule has 2 rings (SSSR count). The third-order valence-corrected chi connectivity index (χ3v) is 4.59. The molecule has 1 saturated carbocycles. The Balaban J connectivity index is 1.97. The fourth-order valence-corrected chi connectivity index (χ4v) is 3.47. The van der Waals surface area contributed by atoms with E-state index >= 15 is 0 Å². The average molecular weight is 280 g/mol. The van der Waals surface area contributed by atoms with Gasteiger partial charge < -0.3 is 4.74 Å². The van der Waals surface area contributed by atoms with Gasteiger partial charge in [0.1, 0.15) is 6.04 Å². The number of piperidine rings is 1. The predicted octanol–water partition coefficient (Wildman–Crippen LogP) is 2.88. The molecule has 2 aliphatic rings. The number of methoxy groups -OCH3 is 1. The molecule has 0 unspecified atom stereocenters. The second kappa shape index (κ2) is 7.50. The van der Waals surface area contributed by atoms with Gasteiger partial charge in [0, 0.05) is 17.5 Å². The second-order valence-corrected chi connectivity index (χ2v) is 5.92. The zero-order valence-electron chi connectivity index (χ0n) is 12.2. The molecule has 0 aromatic carbocycles. The van der Waals surface area contributed by atoms with E-state index in [9.17, 15) is 4.79 Å². The Bertz CT molecular complexity index is 375. The zero-order valence-corrected chi connectivity index (χ0v) is 12.2. The lowest BCUT2D eigenvalue weighted by Crippen LogP contribution is -2.50. The Morgan fingerprint density at radius 2 is 2.10 bits per heavy atom. The molecule has 1 aliphatic heterocycles. The van der Waals surface area contributed by atoms with Crippen LogP contribution in [0.15, 0.2) is 5.11 Å². The molecule has 112 valence electrons. The lowest BCUT2D eigenvalue weighted by Gasteiger charge is -2.39. The van der Waals surface area contributed by atoms with Crippen LogP contribution in [-0.2, 0) is 9.53 Å². The van der Waals surface area contributed by atoms with Crippen LogP contribution in [0, 0.1) is 5.92 Å². The quantitative estimate of drug-likeness (QED) is 0.344. The van der Waals surface area contributed by atoms with Gasteiger partial charge in [-0.15, -0.1) is 0 Å². The van der Waals surface area contributed by atoms with Crippen LogP contribution in [0.2, 0.25) is 0 Å². The van der Waals surface area contributed by atoms with E-state index in [0.29, 0.717) is 12.3 Å². The van der Waals surface area contributed by atoms with E-state index in [1.165, 1.54) is 39.2 Å². The van der Waals surface area contributed by atoms with Crippen molar-refractivity contribution in [2.45, 2.75) is 57.0 Å². The topological polar surface area (TPSA) is 78.3 Å². The number of rotatable bonds is 4. The maximum atomic E-state index is 12.0. The fraction of sp³-hybridized carbons (Fsp3) is 0.929. The van der Waals surface area contributed by atoms with Gasteiger partial charge in [0.15, 0.2) is 0 Å². The van der Waals surface area contributed by atoms with Crippen molar-refractivity contribution in [3.05, 3.63) is 10.4 Å². The van der Waals surface area contributed by atoms with Crippen LogP contribution in [0.3, 0.4) is 0 Å². The molecule has 1 aliphatic carbocycles. The number of carbonyl (C=O) groups excluding carboxylic acids is 1. The number of hydrogen-bond donors (Lipinski definition) is 0. The number of carbonyl (C=O) groups is 1. The molecule has 6 nitrogen and oxygen atoms in total. The first-order chi connectivity index (χ1) is 9.74. The number of hydrogen-bond acceptors (Lipinski definition) is 4. The zero-order chi connectivity index (χ0) is 14.4. The molecule has 1 saturated heterocycles. The summed E-state index contributed by atoms with van der Waals surface area (Å²) in [7, 11) is 1.43. The van der Waals surface area contributed by atoms with E-state index in [-0.39, 0.29) is 18.1 Å². The Labute approximate surface area is 120 Å². The molecule has 1 heterocycles. The normalized spacial score (nSPS) is 28.6. The van der Waals surface area contributed by atoms with Gasteiger partial charge in [-0.2, -0.15) is 0 Å². The van der Waals surface area contributed by atoms with Crippen LogP contribution in [0.25, 0.3) is 10.4 Å².